The minimum absolute atomic E-state index is 0.0937. The molecule has 0 amide bonds. The van der Waals surface area contributed by atoms with Gasteiger partial charge in [0.15, 0.2) is 8.32 Å². The Kier molecular flexibility index (Phi) is 7.90. The monoisotopic (exact) mass is 340 g/mol. The second kappa shape index (κ2) is 8.94. The number of rotatable bonds is 9. The van der Waals surface area contributed by atoms with E-state index < -0.39 is 20.5 Å². The molecule has 5 heteroatoms. The van der Waals surface area contributed by atoms with Crippen LogP contribution in [0.25, 0.3) is 0 Å². The van der Waals surface area contributed by atoms with Crippen molar-refractivity contribution in [2.24, 2.45) is 0 Å². The van der Waals surface area contributed by atoms with Crippen molar-refractivity contribution in [3.8, 4) is 0 Å². The topological polar surface area (TPSA) is 58.9 Å². The molecule has 1 aromatic carbocycles. The van der Waals surface area contributed by atoms with Crippen LogP contribution in [-0.2, 0) is 15.8 Å². The van der Waals surface area contributed by atoms with Crippen LogP contribution in [0, 0.1) is 0 Å². The third-order valence-corrected chi connectivity index (χ3v) is 9.04. The molecular formula is C18H32O4Si. The zero-order chi connectivity index (χ0) is 17.5. The first-order chi connectivity index (χ1) is 10.6. The molecule has 0 fully saturated rings. The van der Waals surface area contributed by atoms with Crippen molar-refractivity contribution in [1.82, 2.24) is 0 Å². The first-order valence-corrected chi connectivity index (χ1v) is 11.2. The molecule has 0 saturated carbocycles. The SMILES string of the molecule is CC(C)(C)[Si](C)(C)OC[C@@H](O)[C@H](O)CCOCc1ccccc1. The average Bonchev–Trinajstić information content (AvgIpc) is 2.49. The smallest absolute Gasteiger partial charge is 0.192 e. The molecule has 0 unspecified atom stereocenters. The Hall–Kier alpha value is -0.723. The lowest BCUT2D eigenvalue weighted by atomic mass is 10.1. The van der Waals surface area contributed by atoms with E-state index in [1.54, 1.807) is 0 Å². The molecule has 0 aliphatic carbocycles. The maximum atomic E-state index is 10.1. The highest BCUT2D eigenvalue weighted by Crippen LogP contribution is 2.36. The highest BCUT2D eigenvalue weighted by molar-refractivity contribution is 6.74. The number of hydrogen-bond acceptors (Lipinski definition) is 4. The molecule has 0 radical (unpaired) electrons. The van der Waals surface area contributed by atoms with Crippen molar-refractivity contribution < 1.29 is 19.4 Å². The molecule has 23 heavy (non-hydrogen) atoms. The molecule has 1 rings (SSSR count). The Morgan fingerprint density at radius 2 is 1.65 bits per heavy atom. The van der Waals surface area contributed by atoms with Crippen molar-refractivity contribution in [3.63, 3.8) is 0 Å². The summed E-state index contributed by atoms with van der Waals surface area (Å²) in [6.07, 6.45) is -1.30. The number of ether oxygens (including phenoxy) is 1. The van der Waals surface area contributed by atoms with Crippen molar-refractivity contribution >= 4 is 8.32 Å². The molecule has 0 aliphatic rings. The Morgan fingerprint density at radius 1 is 1.04 bits per heavy atom. The summed E-state index contributed by atoms with van der Waals surface area (Å²) in [5.74, 6) is 0. The highest BCUT2D eigenvalue weighted by atomic mass is 28.4. The normalized spacial score (nSPS) is 15.4. The van der Waals surface area contributed by atoms with E-state index in [1.807, 2.05) is 30.3 Å². The third-order valence-electron chi connectivity index (χ3n) is 4.53. The summed E-state index contributed by atoms with van der Waals surface area (Å²) in [5, 5.41) is 20.2. The molecule has 4 nitrogen and oxygen atoms in total. The molecule has 0 spiro atoms. The van der Waals surface area contributed by atoms with E-state index in [2.05, 4.69) is 33.9 Å². The van der Waals surface area contributed by atoms with Gasteiger partial charge in [-0.2, -0.15) is 0 Å². The predicted molar refractivity (Wildman–Crippen MR) is 95.9 cm³/mol. The number of hydrogen-bond donors (Lipinski definition) is 2. The lowest BCUT2D eigenvalue weighted by molar-refractivity contribution is -0.0289. The first kappa shape index (κ1) is 20.3. The van der Waals surface area contributed by atoms with Crippen molar-refractivity contribution in [3.05, 3.63) is 35.9 Å². The minimum Gasteiger partial charge on any atom is -0.414 e. The standard InChI is InChI=1S/C18H32O4Si/c1-18(2,3)23(4,5)22-14-17(20)16(19)11-12-21-13-15-9-7-6-8-10-15/h6-10,16-17,19-20H,11-14H2,1-5H3/t16-,17-/m1/s1. The average molecular weight is 341 g/mol. The Labute approximate surface area is 141 Å². The summed E-state index contributed by atoms with van der Waals surface area (Å²) < 4.78 is 11.5. The Morgan fingerprint density at radius 3 is 2.22 bits per heavy atom. The summed E-state index contributed by atoms with van der Waals surface area (Å²) in [6, 6.07) is 9.90. The van der Waals surface area contributed by atoms with Gasteiger partial charge in [0.1, 0.15) is 6.10 Å². The fraction of sp³-hybridized carbons (Fsp3) is 0.667. The van der Waals surface area contributed by atoms with E-state index >= 15 is 0 Å². The van der Waals surface area contributed by atoms with E-state index in [0.717, 1.165) is 5.56 Å². The summed E-state index contributed by atoms with van der Waals surface area (Å²) >= 11 is 0. The molecule has 0 bridgehead atoms. The molecule has 0 saturated heterocycles. The van der Waals surface area contributed by atoms with Gasteiger partial charge in [0.05, 0.1) is 19.3 Å². The van der Waals surface area contributed by atoms with Gasteiger partial charge in [0.25, 0.3) is 0 Å². The van der Waals surface area contributed by atoms with E-state index in [-0.39, 0.29) is 11.6 Å². The van der Waals surface area contributed by atoms with Crippen molar-refractivity contribution in [1.29, 1.82) is 0 Å². The van der Waals surface area contributed by atoms with Crippen LogP contribution >= 0.6 is 0 Å². The van der Waals surface area contributed by atoms with Gasteiger partial charge in [-0.25, -0.2) is 0 Å². The largest absolute Gasteiger partial charge is 0.414 e. The summed E-state index contributed by atoms with van der Waals surface area (Å²) in [6.45, 7) is 11.8. The molecule has 1 aromatic rings. The van der Waals surface area contributed by atoms with Crippen LogP contribution < -0.4 is 0 Å². The quantitative estimate of drug-likeness (QED) is 0.535. The van der Waals surface area contributed by atoms with Crippen molar-refractivity contribution in [2.75, 3.05) is 13.2 Å². The predicted octanol–water partition coefficient (Wildman–Crippen LogP) is 3.34. The lowest BCUT2D eigenvalue weighted by Gasteiger charge is -2.37. The lowest BCUT2D eigenvalue weighted by Crippen LogP contribution is -2.44. The molecule has 0 aromatic heterocycles. The van der Waals surface area contributed by atoms with Gasteiger partial charge in [-0.05, 0) is 30.1 Å². The van der Waals surface area contributed by atoms with Crippen molar-refractivity contribution in [2.45, 2.75) is 64.1 Å². The second-order valence-corrected chi connectivity index (χ2v) is 12.3. The second-order valence-electron chi connectivity index (χ2n) is 7.53. The third kappa shape index (κ3) is 7.14. The number of aliphatic hydroxyl groups excluding tert-OH is 2. The van der Waals surface area contributed by atoms with Crippen LogP contribution in [0.3, 0.4) is 0 Å². The summed E-state index contributed by atoms with van der Waals surface area (Å²) in [5.41, 5.74) is 1.10. The van der Waals surface area contributed by atoms with Gasteiger partial charge in [-0.15, -0.1) is 0 Å². The number of benzene rings is 1. The molecular weight excluding hydrogens is 308 g/mol. The van der Waals surface area contributed by atoms with Gasteiger partial charge in [0.2, 0.25) is 0 Å². The molecule has 0 heterocycles. The van der Waals surface area contributed by atoms with E-state index in [4.69, 9.17) is 9.16 Å². The fourth-order valence-corrected chi connectivity index (χ4v) is 2.80. The zero-order valence-electron chi connectivity index (χ0n) is 15.1. The molecule has 0 aliphatic heterocycles. The van der Waals surface area contributed by atoms with Gasteiger partial charge >= 0.3 is 0 Å². The maximum Gasteiger partial charge on any atom is 0.192 e. The van der Waals surface area contributed by atoms with Crippen LogP contribution in [0.2, 0.25) is 18.1 Å². The fourth-order valence-electron chi connectivity index (χ4n) is 1.78. The van der Waals surface area contributed by atoms with E-state index in [0.29, 0.717) is 19.6 Å². The zero-order valence-corrected chi connectivity index (χ0v) is 16.1. The Bertz CT molecular complexity index is 442. The van der Waals surface area contributed by atoms with Gasteiger partial charge in [0, 0.05) is 6.61 Å². The number of aliphatic hydroxyl groups is 2. The maximum absolute atomic E-state index is 10.1. The van der Waals surface area contributed by atoms with Crippen LogP contribution in [-0.4, -0.2) is 44.0 Å². The Balaban J connectivity index is 2.25. The molecule has 2 N–H and O–H groups in total. The van der Waals surface area contributed by atoms with Gasteiger partial charge in [-0.3, -0.25) is 0 Å². The first-order valence-electron chi connectivity index (χ1n) is 8.25. The minimum atomic E-state index is -1.90. The van der Waals surface area contributed by atoms with E-state index in [9.17, 15) is 10.2 Å². The van der Waals surface area contributed by atoms with Crippen LogP contribution in [0.5, 0.6) is 0 Å². The van der Waals surface area contributed by atoms with Crippen LogP contribution in [0.15, 0.2) is 30.3 Å². The summed E-state index contributed by atoms with van der Waals surface area (Å²) in [7, 11) is -1.90. The van der Waals surface area contributed by atoms with Crippen LogP contribution in [0.4, 0.5) is 0 Å². The van der Waals surface area contributed by atoms with Crippen LogP contribution in [0.1, 0.15) is 32.8 Å². The molecule has 132 valence electrons. The van der Waals surface area contributed by atoms with Gasteiger partial charge in [-0.1, -0.05) is 51.1 Å². The van der Waals surface area contributed by atoms with E-state index in [1.165, 1.54) is 0 Å². The van der Waals surface area contributed by atoms with Gasteiger partial charge < -0.3 is 19.4 Å². The molecule has 2 atom stereocenters. The highest BCUT2D eigenvalue weighted by Gasteiger charge is 2.37. The summed E-state index contributed by atoms with van der Waals surface area (Å²) in [4.78, 5) is 0.